The Morgan fingerprint density at radius 3 is 3.19 bits per heavy atom. The average Bonchev–Trinajstić information content (AvgIpc) is 2.93. The van der Waals surface area contributed by atoms with Crippen LogP contribution < -0.4 is 10.1 Å². The van der Waals surface area contributed by atoms with E-state index in [1.54, 1.807) is 6.07 Å². The smallest absolute Gasteiger partial charge is 0.276 e. The van der Waals surface area contributed by atoms with Crippen LogP contribution in [0.5, 0.6) is 5.75 Å². The summed E-state index contributed by atoms with van der Waals surface area (Å²) in [5.41, 5.74) is 2.84. The number of carbonyl (C=O) groups is 1. The first-order valence-corrected chi connectivity index (χ1v) is 6.96. The first-order valence-electron chi connectivity index (χ1n) is 6.96. The van der Waals surface area contributed by atoms with Gasteiger partial charge < -0.3 is 14.8 Å². The second-order valence-electron chi connectivity index (χ2n) is 4.72. The van der Waals surface area contributed by atoms with E-state index in [9.17, 15) is 4.79 Å². The van der Waals surface area contributed by atoms with Crippen molar-refractivity contribution in [1.29, 1.82) is 0 Å². The van der Waals surface area contributed by atoms with E-state index < -0.39 is 0 Å². The number of nitrogens with zero attached hydrogens (tertiary/aromatic N) is 1. The highest BCUT2D eigenvalue weighted by molar-refractivity contribution is 6.04. The number of amides is 1. The van der Waals surface area contributed by atoms with Crippen LogP contribution in [-0.2, 0) is 17.8 Å². The summed E-state index contributed by atoms with van der Waals surface area (Å²) in [5, 5.41) is 9.87. The first kappa shape index (κ1) is 13.6. The third kappa shape index (κ3) is 2.75. The molecule has 0 spiro atoms. The Bertz CT molecular complexity index is 651. The van der Waals surface area contributed by atoms with Crippen LogP contribution in [-0.4, -0.2) is 29.3 Å². The summed E-state index contributed by atoms with van der Waals surface area (Å²) in [6.07, 6.45) is 0.755. The summed E-state index contributed by atoms with van der Waals surface area (Å²) in [5.74, 6) is 0.388. The second kappa shape index (κ2) is 5.97. The minimum Gasteiger partial charge on any atom is -0.492 e. The number of benzene rings is 1. The van der Waals surface area contributed by atoms with Crippen LogP contribution in [0.25, 0.3) is 0 Å². The lowest BCUT2D eigenvalue weighted by Gasteiger charge is -2.13. The zero-order valence-electron chi connectivity index (χ0n) is 11.8. The van der Waals surface area contributed by atoms with Gasteiger partial charge in [-0.05, 0) is 19.1 Å². The predicted molar refractivity (Wildman–Crippen MR) is 77.5 cm³/mol. The van der Waals surface area contributed by atoms with Gasteiger partial charge in [-0.2, -0.15) is 5.10 Å². The molecule has 1 amide bonds. The van der Waals surface area contributed by atoms with Gasteiger partial charge in [0.25, 0.3) is 5.91 Å². The van der Waals surface area contributed by atoms with Gasteiger partial charge in [-0.25, -0.2) is 0 Å². The maximum Gasteiger partial charge on any atom is 0.276 e. The molecule has 2 heterocycles. The molecule has 6 heteroatoms. The van der Waals surface area contributed by atoms with Crippen molar-refractivity contribution in [2.75, 3.05) is 18.5 Å². The molecule has 2 aromatic rings. The molecule has 3 rings (SSSR count). The maximum atomic E-state index is 12.4. The second-order valence-corrected chi connectivity index (χ2v) is 4.72. The standard InChI is InChI=1S/C15H17N3O3/c1-2-21-13-6-4-3-5-12(13)16-15(19)14-10-9-20-8-7-11(10)17-18-14/h3-6H,2,7-9H2,1H3,(H,16,19)(H,17,18). The summed E-state index contributed by atoms with van der Waals surface area (Å²) in [6.45, 7) is 3.52. The van der Waals surface area contributed by atoms with Gasteiger partial charge in [0.15, 0.2) is 5.69 Å². The Morgan fingerprint density at radius 2 is 2.33 bits per heavy atom. The first-order chi connectivity index (χ1) is 10.3. The van der Waals surface area contributed by atoms with E-state index >= 15 is 0 Å². The van der Waals surface area contributed by atoms with Crippen LogP contribution in [0.15, 0.2) is 24.3 Å². The number of para-hydroxylation sites is 2. The van der Waals surface area contributed by atoms with Gasteiger partial charge in [-0.3, -0.25) is 9.89 Å². The lowest BCUT2D eigenvalue weighted by atomic mass is 10.1. The molecule has 0 bridgehead atoms. The van der Waals surface area contributed by atoms with E-state index in [1.807, 2.05) is 25.1 Å². The number of aromatic amines is 1. The van der Waals surface area contributed by atoms with Crippen molar-refractivity contribution in [1.82, 2.24) is 10.2 Å². The van der Waals surface area contributed by atoms with Crippen molar-refractivity contribution >= 4 is 11.6 Å². The number of rotatable bonds is 4. The largest absolute Gasteiger partial charge is 0.492 e. The monoisotopic (exact) mass is 287 g/mol. The number of hydrogen-bond donors (Lipinski definition) is 2. The molecule has 1 aliphatic rings. The highest BCUT2D eigenvalue weighted by Gasteiger charge is 2.22. The van der Waals surface area contributed by atoms with Crippen LogP contribution in [0.3, 0.4) is 0 Å². The number of ether oxygens (including phenoxy) is 2. The third-order valence-corrected chi connectivity index (χ3v) is 3.35. The van der Waals surface area contributed by atoms with Crippen LogP contribution in [0.2, 0.25) is 0 Å². The summed E-state index contributed by atoms with van der Waals surface area (Å²) < 4.78 is 10.9. The van der Waals surface area contributed by atoms with Crippen LogP contribution >= 0.6 is 0 Å². The molecule has 0 saturated heterocycles. The molecule has 0 saturated carbocycles. The van der Waals surface area contributed by atoms with Crippen molar-refractivity contribution in [3.8, 4) is 5.75 Å². The number of hydrogen-bond acceptors (Lipinski definition) is 4. The van der Waals surface area contributed by atoms with E-state index in [0.29, 0.717) is 37.0 Å². The summed E-state index contributed by atoms with van der Waals surface area (Å²) in [6, 6.07) is 7.34. The van der Waals surface area contributed by atoms with E-state index in [-0.39, 0.29) is 5.91 Å². The summed E-state index contributed by atoms with van der Waals surface area (Å²) in [4.78, 5) is 12.4. The number of fused-ring (bicyclic) bond motifs is 1. The van der Waals surface area contributed by atoms with Crippen molar-refractivity contribution < 1.29 is 14.3 Å². The number of aromatic nitrogens is 2. The Labute approximate surface area is 122 Å². The molecule has 0 aliphatic carbocycles. The molecule has 0 fully saturated rings. The van der Waals surface area contributed by atoms with Crippen molar-refractivity contribution in [3.63, 3.8) is 0 Å². The molecule has 21 heavy (non-hydrogen) atoms. The number of anilines is 1. The van der Waals surface area contributed by atoms with Crippen LogP contribution in [0.4, 0.5) is 5.69 Å². The van der Waals surface area contributed by atoms with Crippen molar-refractivity contribution in [3.05, 3.63) is 41.2 Å². The number of carbonyl (C=O) groups excluding carboxylic acids is 1. The zero-order valence-corrected chi connectivity index (χ0v) is 11.8. The van der Waals surface area contributed by atoms with Gasteiger partial charge >= 0.3 is 0 Å². The molecule has 1 aromatic carbocycles. The fourth-order valence-corrected chi connectivity index (χ4v) is 2.33. The third-order valence-electron chi connectivity index (χ3n) is 3.35. The van der Waals surface area contributed by atoms with Gasteiger partial charge in [0.2, 0.25) is 0 Å². The van der Waals surface area contributed by atoms with Gasteiger partial charge in [0.1, 0.15) is 5.75 Å². The molecule has 110 valence electrons. The molecule has 2 N–H and O–H groups in total. The lowest BCUT2D eigenvalue weighted by molar-refractivity contribution is 0.0984. The lowest BCUT2D eigenvalue weighted by Crippen LogP contribution is -2.17. The summed E-state index contributed by atoms with van der Waals surface area (Å²) >= 11 is 0. The highest BCUT2D eigenvalue weighted by Crippen LogP contribution is 2.25. The molecule has 6 nitrogen and oxygen atoms in total. The Kier molecular flexibility index (Phi) is 3.87. The van der Waals surface area contributed by atoms with Crippen LogP contribution in [0, 0.1) is 0 Å². The van der Waals surface area contributed by atoms with Gasteiger partial charge in [-0.1, -0.05) is 12.1 Å². The van der Waals surface area contributed by atoms with Gasteiger partial charge in [0, 0.05) is 17.7 Å². The predicted octanol–water partition coefficient (Wildman–Crippen LogP) is 2.13. The minimum absolute atomic E-state index is 0.259. The van der Waals surface area contributed by atoms with E-state index in [0.717, 1.165) is 17.7 Å². The topological polar surface area (TPSA) is 76.2 Å². The SMILES string of the molecule is CCOc1ccccc1NC(=O)c1n[nH]c2c1COCC2. The normalized spacial score (nSPS) is 13.6. The zero-order chi connectivity index (χ0) is 14.7. The van der Waals surface area contributed by atoms with E-state index in [1.165, 1.54) is 0 Å². The molecular formula is C15H17N3O3. The maximum absolute atomic E-state index is 12.4. The van der Waals surface area contributed by atoms with Crippen molar-refractivity contribution in [2.24, 2.45) is 0 Å². The van der Waals surface area contributed by atoms with E-state index in [4.69, 9.17) is 9.47 Å². The highest BCUT2D eigenvalue weighted by atomic mass is 16.5. The summed E-state index contributed by atoms with van der Waals surface area (Å²) in [7, 11) is 0. The number of nitrogens with one attached hydrogen (secondary N) is 2. The Morgan fingerprint density at radius 1 is 1.48 bits per heavy atom. The molecule has 1 aliphatic heterocycles. The molecule has 0 unspecified atom stereocenters. The van der Waals surface area contributed by atoms with Gasteiger partial charge in [0.05, 0.1) is 25.5 Å². The average molecular weight is 287 g/mol. The van der Waals surface area contributed by atoms with Crippen LogP contribution in [0.1, 0.15) is 28.7 Å². The molecule has 0 atom stereocenters. The van der Waals surface area contributed by atoms with Gasteiger partial charge in [-0.15, -0.1) is 0 Å². The Balaban J connectivity index is 1.82. The minimum atomic E-state index is -0.259. The molecule has 0 radical (unpaired) electrons. The fraction of sp³-hybridized carbons (Fsp3) is 0.333. The quantitative estimate of drug-likeness (QED) is 0.903. The van der Waals surface area contributed by atoms with Crippen molar-refractivity contribution in [2.45, 2.75) is 20.0 Å². The molecule has 1 aromatic heterocycles. The molecular weight excluding hydrogens is 270 g/mol. The fourth-order valence-electron chi connectivity index (χ4n) is 2.33. The number of H-pyrrole nitrogens is 1. The Hall–Kier alpha value is -2.34. The van der Waals surface area contributed by atoms with E-state index in [2.05, 4.69) is 15.5 Å².